The van der Waals surface area contributed by atoms with Crippen LogP contribution in [0.1, 0.15) is 36.7 Å². The number of anilines is 1. The van der Waals surface area contributed by atoms with Crippen molar-refractivity contribution < 1.29 is 4.79 Å². The molecule has 138 valence electrons. The summed E-state index contributed by atoms with van der Waals surface area (Å²) in [4.78, 5) is 19.6. The number of hydrogen-bond acceptors (Lipinski definition) is 5. The number of likely N-dealkylation sites (N-methyl/N-ethyl adjacent to an activating group) is 1. The second-order valence-electron chi connectivity index (χ2n) is 7.55. The third kappa shape index (κ3) is 3.14. The highest BCUT2D eigenvalue weighted by Crippen LogP contribution is 2.30. The Hall–Kier alpha value is -2.21. The molecule has 2 aliphatic heterocycles. The minimum Gasteiger partial charge on any atom is -0.352 e. The Kier molecular flexibility index (Phi) is 4.76. The number of rotatable bonds is 2. The molecule has 6 heteroatoms. The van der Waals surface area contributed by atoms with E-state index in [2.05, 4.69) is 40.0 Å². The number of benzene rings is 1. The standard InChI is InChI=1S/C20H27N5O/c1-15-7-5-6-10-25(15)19-17-9-4-3-8-16(17)18(21-22-19)20(26)24-13-11-23(2)12-14-24/h3-4,8-9,15H,5-7,10-14H2,1-2H3. The van der Waals surface area contributed by atoms with Gasteiger partial charge in [0.05, 0.1) is 0 Å². The van der Waals surface area contributed by atoms with Gasteiger partial charge in [-0.1, -0.05) is 24.3 Å². The van der Waals surface area contributed by atoms with Crippen LogP contribution in [-0.2, 0) is 0 Å². The summed E-state index contributed by atoms with van der Waals surface area (Å²) in [6, 6.07) is 8.54. The van der Waals surface area contributed by atoms with Gasteiger partial charge in [-0.05, 0) is 33.2 Å². The minimum absolute atomic E-state index is 0.0000395. The van der Waals surface area contributed by atoms with Crippen molar-refractivity contribution in [2.24, 2.45) is 0 Å². The third-order valence-corrected chi connectivity index (χ3v) is 5.74. The van der Waals surface area contributed by atoms with Crippen LogP contribution in [0.15, 0.2) is 24.3 Å². The number of amides is 1. The summed E-state index contributed by atoms with van der Waals surface area (Å²) in [5.74, 6) is 0.919. The van der Waals surface area contributed by atoms with Crippen molar-refractivity contribution in [2.45, 2.75) is 32.2 Å². The predicted molar refractivity (Wildman–Crippen MR) is 104 cm³/mol. The van der Waals surface area contributed by atoms with Crippen molar-refractivity contribution in [2.75, 3.05) is 44.7 Å². The molecule has 1 amide bonds. The van der Waals surface area contributed by atoms with Crippen molar-refractivity contribution in [3.8, 4) is 0 Å². The van der Waals surface area contributed by atoms with Crippen molar-refractivity contribution >= 4 is 22.5 Å². The van der Waals surface area contributed by atoms with Crippen LogP contribution in [0.5, 0.6) is 0 Å². The first-order valence-electron chi connectivity index (χ1n) is 9.65. The summed E-state index contributed by atoms with van der Waals surface area (Å²) in [7, 11) is 2.09. The summed E-state index contributed by atoms with van der Waals surface area (Å²) in [5.41, 5.74) is 0.485. The normalized spacial score (nSPS) is 22.0. The maximum Gasteiger partial charge on any atom is 0.275 e. The van der Waals surface area contributed by atoms with Crippen LogP contribution >= 0.6 is 0 Å². The van der Waals surface area contributed by atoms with Crippen LogP contribution in [-0.4, -0.2) is 71.7 Å². The number of fused-ring (bicyclic) bond motifs is 1. The maximum absolute atomic E-state index is 13.1. The van der Waals surface area contributed by atoms with Crippen LogP contribution in [0.2, 0.25) is 0 Å². The highest BCUT2D eigenvalue weighted by Gasteiger charge is 2.27. The maximum atomic E-state index is 13.1. The lowest BCUT2D eigenvalue weighted by molar-refractivity contribution is 0.0659. The molecule has 1 atom stereocenters. The van der Waals surface area contributed by atoms with Gasteiger partial charge in [-0.2, -0.15) is 0 Å². The Bertz CT molecular complexity index is 800. The Morgan fingerprint density at radius 2 is 1.73 bits per heavy atom. The zero-order valence-electron chi connectivity index (χ0n) is 15.7. The Morgan fingerprint density at radius 3 is 2.46 bits per heavy atom. The molecule has 26 heavy (non-hydrogen) atoms. The fourth-order valence-corrected chi connectivity index (χ4v) is 4.03. The van der Waals surface area contributed by atoms with Crippen LogP contribution in [0.4, 0.5) is 5.82 Å². The van der Waals surface area contributed by atoms with Crippen molar-refractivity contribution in [3.63, 3.8) is 0 Å². The van der Waals surface area contributed by atoms with E-state index in [0.717, 1.165) is 49.3 Å². The summed E-state index contributed by atoms with van der Waals surface area (Å²) < 4.78 is 0. The molecule has 1 aromatic heterocycles. The topological polar surface area (TPSA) is 52.6 Å². The number of carbonyl (C=O) groups is 1. The SMILES string of the molecule is CC1CCCCN1c1nnc(C(=O)N2CCN(C)CC2)c2ccccc12. The van der Waals surface area contributed by atoms with E-state index in [-0.39, 0.29) is 5.91 Å². The molecule has 0 spiro atoms. The van der Waals surface area contributed by atoms with Gasteiger partial charge in [-0.3, -0.25) is 4.79 Å². The zero-order chi connectivity index (χ0) is 18.1. The van der Waals surface area contributed by atoms with Crippen molar-refractivity contribution in [1.29, 1.82) is 0 Å². The van der Waals surface area contributed by atoms with Gasteiger partial charge in [-0.15, -0.1) is 10.2 Å². The van der Waals surface area contributed by atoms with Gasteiger partial charge in [0.2, 0.25) is 0 Å². The van der Waals surface area contributed by atoms with E-state index >= 15 is 0 Å². The fraction of sp³-hybridized carbons (Fsp3) is 0.550. The molecule has 2 saturated heterocycles. The zero-order valence-corrected chi connectivity index (χ0v) is 15.7. The van der Waals surface area contributed by atoms with E-state index in [1.54, 1.807) is 0 Å². The lowest BCUT2D eigenvalue weighted by atomic mass is 10.0. The smallest absolute Gasteiger partial charge is 0.275 e. The monoisotopic (exact) mass is 353 g/mol. The van der Waals surface area contributed by atoms with E-state index in [0.29, 0.717) is 11.7 Å². The van der Waals surface area contributed by atoms with Gasteiger partial charge in [0.25, 0.3) is 5.91 Å². The molecule has 2 fully saturated rings. The number of piperidine rings is 1. The van der Waals surface area contributed by atoms with Crippen LogP contribution in [0.3, 0.4) is 0 Å². The highest BCUT2D eigenvalue weighted by atomic mass is 16.2. The van der Waals surface area contributed by atoms with E-state index in [1.165, 1.54) is 19.3 Å². The molecule has 1 aromatic carbocycles. The first-order valence-corrected chi connectivity index (χ1v) is 9.65. The summed E-state index contributed by atoms with van der Waals surface area (Å²) in [6.07, 6.45) is 3.63. The molecule has 2 aliphatic rings. The van der Waals surface area contributed by atoms with Gasteiger partial charge < -0.3 is 14.7 Å². The molecule has 3 heterocycles. The largest absolute Gasteiger partial charge is 0.352 e. The van der Waals surface area contributed by atoms with Gasteiger partial charge >= 0.3 is 0 Å². The van der Waals surface area contributed by atoms with Crippen LogP contribution in [0, 0.1) is 0 Å². The Labute approximate surface area is 154 Å². The number of piperazine rings is 1. The second-order valence-corrected chi connectivity index (χ2v) is 7.55. The van der Waals surface area contributed by atoms with E-state index in [4.69, 9.17) is 0 Å². The average molecular weight is 353 g/mol. The number of nitrogens with zero attached hydrogens (tertiary/aromatic N) is 5. The first kappa shape index (κ1) is 17.2. The van der Waals surface area contributed by atoms with Gasteiger partial charge in [0.1, 0.15) is 0 Å². The van der Waals surface area contributed by atoms with Crippen molar-refractivity contribution in [1.82, 2.24) is 20.0 Å². The molecule has 4 rings (SSSR count). The van der Waals surface area contributed by atoms with E-state index in [9.17, 15) is 4.79 Å². The summed E-state index contributed by atoms with van der Waals surface area (Å²) in [6.45, 7) is 6.55. The highest BCUT2D eigenvalue weighted by molar-refractivity contribution is 6.07. The molecule has 0 N–H and O–H groups in total. The van der Waals surface area contributed by atoms with Gasteiger partial charge in [-0.25, -0.2) is 0 Å². The lowest BCUT2D eigenvalue weighted by Gasteiger charge is -2.35. The fourth-order valence-electron chi connectivity index (χ4n) is 4.03. The quantitative estimate of drug-likeness (QED) is 0.830. The molecular weight excluding hydrogens is 326 g/mol. The molecule has 1 unspecified atom stereocenters. The minimum atomic E-state index is 0.0000395. The van der Waals surface area contributed by atoms with E-state index < -0.39 is 0 Å². The second kappa shape index (κ2) is 7.19. The molecule has 2 aromatic rings. The molecule has 0 bridgehead atoms. The number of carbonyl (C=O) groups excluding carboxylic acids is 1. The third-order valence-electron chi connectivity index (χ3n) is 5.74. The number of aromatic nitrogens is 2. The Morgan fingerprint density at radius 1 is 1.00 bits per heavy atom. The predicted octanol–water partition coefficient (Wildman–Crippen LogP) is 2.40. The lowest BCUT2D eigenvalue weighted by Crippen LogP contribution is -2.47. The van der Waals surface area contributed by atoms with Crippen molar-refractivity contribution in [3.05, 3.63) is 30.0 Å². The van der Waals surface area contributed by atoms with Gasteiger partial charge in [0, 0.05) is 49.5 Å². The molecule has 0 radical (unpaired) electrons. The van der Waals surface area contributed by atoms with Crippen LogP contribution < -0.4 is 4.90 Å². The first-order chi connectivity index (χ1) is 12.6. The average Bonchev–Trinajstić information content (AvgIpc) is 2.68. The summed E-state index contributed by atoms with van der Waals surface area (Å²) in [5, 5.41) is 10.9. The Balaban J connectivity index is 1.71. The number of hydrogen-bond donors (Lipinski definition) is 0. The van der Waals surface area contributed by atoms with Crippen LogP contribution in [0.25, 0.3) is 10.8 Å². The molecule has 6 nitrogen and oxygen atoms in total. The summed E-state index contributed by atoms with van der Waals surface area (Å²) >= 11 is 0. The van der Waals surface area contributed by atoms with E-state index in [1.807, 2.05) is 23.1 Å². The van der Waals surface area contributed by atoms with Gasteiger partial charge in [0.15, 0.2) is 11.5 Å². The molecular formula is C20H27N5O. The molecule has 0 aliphatic carbocycles. The molecule has 0 saturated carbocycles.